The van der Waals surface area contributed by atoms with Crippen molar-refractivity contribution in [2.24, 2.45) is 11.0 Å². The van der Waals surface area contributed by atoms with E-state index in [1.807, 2.05) is 12.3 Å². The van der Waals surface area contributed by atoms with E-state index < -0.39 is 0 Å². The molecule has 6 heteroatoms. The van der Waals surface area contributed by atoms with Gasteiger partial charge in [0.05, 0.1) is 12.8 Å². The number of halogens is 2. The molecule has 188 valence electrons. The number of allylic oxidation sites excluding steroid dienone is 8. The smallest absolute Gasteiger partial charge is 0.123 e. The van der Waals surface area contributed by atoms with Gasteiger partial charge in [-0.1, -0.05) is 83.9 Å². The molecule has 0 bridgehead atoms. The second-order valence-corrected chi connectivity index (χ2v) is 9.98. The van der Waals surface area contributed by atoms with Crippen LogP contribution in [0.2, 0.25) is 0 Å². The minimum atomic E-state index is 0.297. The zero-order valence-corrected chi connectivity index (χ0v) is 22.3. The Kier molecular flexibility index (Phi) is 8.95. The van der Waals surface area contributed by atoms with Crippen LogP contribution in [-0.2, 0) is 6.42 Å². The third-order valence-electron chi connectivity index (χ3n) is 6.78. The Morgan fingerprint density at radius 2 is 2.11 bits per heavy atom. The molecule has 1 aromatic rings. The highest BCUT2D eigenvalue weighted by Crippen LogP contribution is 2.35. The lowest BCUT2D eigenvalue weighted by atomic mass is 9.85. The zero-order chi connectivity index (χ0) is 25.5. The molecule has 2 N–H and O–H groups in total. The molecule has 1 atom stereocenters. The fourth-order valence-corrected chi connectivity index (χ4v) is 5.41. The van der Waals surface area contributed by atoms with E-state index in [-0.39, 0.29) is 0 Å². The second kappa shape index (κ2) is 12.3. The van der Waals surface area contributed by atoms with Crippen molar-refractivity contribution in [1.82, 2.24) is 10.7 Å². The van der Waals surface area contributed by atoms with Crippen LogP contribution in [0.3, 0.4) is 0 Å². The summed E-state index contributed by atoms with van der Waals surface area (Å²) in [5, 5.41) is 9.18. The standard InChI is InChI=1S/C30H33Cl2N3O/c1-4-34-35-19-26(25-13-12-24-15-17-36-29(24)18-25)20(2)23-10-8-22(9-11-23)14-16-33-21(3)30-27(31)6-5-7-28(30)32/h4,6,8-10,12-13,18-19,23,33-34H,1,3,5,7,11,14-17H2,2H3/b26-20-,35-19-. The molecule has 0 fully saturated rings. The van der Waals surface area contributed by atoms with E-state index in [0.29, 0.717) is 11.0 Å². The highest BCUT2D eigenvalue weighted by Gasteiger charge is 2.19. The highest BCUT2D eigenvalue weighted by molar-refractivity contribution is 6.36. The van der Waals surface area contributed by atoms with Crippen LogP contribution in [-0.4, -0.2) is 19.4 Å². The normalized spacial score (nSPS) is 19.8. The Bertz CT molecular complexity index is 1220. The first kappa shape index (κ1) is 26.1. The third-order valence-corrected chi connectivity index (χ3v) is 7.50. The third kappa shape index (κ3) is 6.24. The van der Waals surface area contributed by atoms with Crippen LogP contribution in [0.5, 0.6) is 5.75 Å². The Morgan fingerprint density at radius 1 is 1.25 bits per heavy atom. The van der Waals surface area contributed by atoms with Gasteiger partial charge >= 0.3 is 0 Å². The maximum absolute atomic E-state index is 6.38. The largest absolute Gasteiger partial charge is 0.493 e. The molecular weight excluding hydrogens is 489 g/mol. The summed E-state index contributed by atoms with van der Waals surface area (Å²) in [6.07, 6.45) is 16.8. The van der Waals surface area contributed by atoms with Crippen molar-refractivity contribution in [3.8, 4) is 5.75 Å². The van der Waals surface area contributed by atoms with Crippen molar-refractivity contribution in [1.29, 1.82) is 0 Å². The van der Waals surface area contributed by atoms with Gasteiger partial charge in [-0.25, -0.2) is 0 Å². The molecule has 4 rings (SSSR count). The minimum Gasteiger partial charge on any atom is -0.493 e. The van der Waals surface area contributed by atoms with E-state index in [2.05, 4.69) is 72.4 Å². The van der Waals surface area contributed by atoms with E-state index in [1.165, 1.54) is 16.7 Å². The molecule has 3 aliphatic rings. The highest BCUT2D eigenvalue weighted by atomic mass is 35.5. The number of hydrogen-bond acceptors (Lipinski definition) is 4. The van der Waals surface area contributed by atoms with Crippen LogP contribution < -0.4 is 15.5 Å². The lowest BCUT2D eigenvalue weighted by molar-refractivity contribution is 0.356. The Hall–Kier alpha value is -2.95. The number of hydrazone groups is 1. The number of benzene rings is 1. The summed E-state index contributed by atoms with van der Waals surface area (Å²) >= 11 is 12.7. The van der Waals surface area contributed by atoms with Crippen molar-refractivity contribution >= 4 is 35.0 Å². The predicted molar refractivity (Wildman–Crippen MR) is 153 cm³/mol. The maximum Gasteiger partial charge on any atom is 0.123 e. The molecule has 0 saturated heterocycles. The number of nitrogens with one attached hydrogen (secondary N) is 2. The fraction of sp³-hybridized carbons (Fsp3) is 0.300. The average Bonchev–Trinajstić information content (AvgIpc) is 3.35. The number of nitrogens with zero attached hydrogens (tertiary/aromatic N) is 1. The topological polar surface area (TPSA) is 45.7 Å². The van der Waals surface area contributed by atoms with E-state index >= 15 is 0 Å². The summed E-state index contributed by atoms with van der Waals surface area (Å²) in [5.74, 6) is 1.27. The first-order valence-electron chi connectivity index (χ1n) is 12.4. The molecule has 1 aromatic carbocycles. The Balaban J connectivity index is 1.41. The molecular formula is C30H33Cl2N3O. The number of fused-ring (bicyclic) bond motifs is 1. The first-order chi connectivity index (χ1) is 17.5. The average molecular weight is 523 g/mol. The summed E-state index contributed by atoms with van der Waals surface area (Å²) < 4.78 is 5.80. The van der Waals surface area contributed by atoms with Gasteiger partial charge < -0.3 is 10.1 Å². The summed E-state index contributed by atoms with van der Waals surface area (Å²) in [6, 6.07) is 6.45. The molecule has 0 aromatic heterocycles. The van der Waals surface area contributed by atoms with Gasteiger partial charge in [-0.3, -0.25) is 5.43 Å². The van der Waals surface area contributed by atoms with Crippen LogP contribution in [0.15, 0.2) is 99.4 Å². The molecule has 0 radical (unpaired) electrons. The molecule has 0 amide bonds. The minimum absolute atomic E-state index is 0.297. The van der Waals surface area contributed by atoms with Gasteiger partial charge in [-0.2, -0.15) is 5.10 Å². The van der Waals surface area contributed by atoms with Gasteiger partial charge in [0.1, 0.15) is 5.75 Å². The first-order valence-corrected chi connectivity index (χ1v) is 13.1. The van der Waals surface area contributed by atoms with Crippen molar-refractivity contribution in [2.75, 3.05) is 13.2 Å². The van der Waals surface area contributed by atoms with E-state index in [0.717, 1.165) is 78.4 Å². The molecule has 4 nitrogen and oxygen atoms in total. The number of ether oxygens (including phenoxy) is 1. The number of hydrogen-bond donors (Lipinski definition) is 2. The van der Waals surface area contributed by atoms with Crippen molar-refractivity contribution in [2.45, 2.75) is 39.0 Å². The van der Waals surface area contributed by atoms with Gasteiger partial charge in [0, 0.05) is 52.0 Å². The molecule has 1 heterocycles. The summed E-state index contributed by atoms with van der Waals surface area (Å²) in [7, 11) is 0. The van der Waals surface area contributed by atoms with Crippen molar-refractivity contribution in [3.63, 3.8) is 0 Å². The van der Waals surface area contributed by atoms with Gasteiger partial charge in [0.15, 0.2) is 0 Å². The summed E-state index contributed by atoms with van der Waals surface area (Å²) in [5.41, 5.74) is 10.5. The maximum atomic E-state index is 6.38. The lowest BCUT2D eigenvalue weighted by Gasteiger charge is -2.21. The lowest BCUT2D eigenvalue weighted by Crippen LogP contribution is -2.18. The van der Waals surface area contributed by atoms with Crippen LogP contribution in [0.4, 0.5) is 0 Å². The van der Waals surface area contributed by atoms with Gasteiger partial charge in [0.2, 0.25) is 0 Å². The zero-order valence-electron chi connectivity index (χ0n) is 20.7. The Morgan fingerprint density at radius 3 is 2.86 bits per heavy atom. The predicted octanol–water partition coefficient (Wildman–Crippen LogP) is 7.52. The van der Waals surface area contributed by atoms with E-state index in [1.54, 1.807) is 6.20 Å². The van der Waals surface area contributed by atoms with Crippen LogP contribution >= 0.6 is 23.2 Å². The van der Waals surface area contributed by atoms with Crippen LogP contribution in [0, 0.1) is 5.92 Å². The monoisotopic (exact) mass is 521 g/mol. The molecule has 36 heavy (non-hydrogen) atoms. The fourth-order valence-electron chi connectivity index (χ4n) is 4.70. The van der Waals surface area contributed by atoms with E-state index in [9.17, 15) is 0 Å². The Labute approximate surface area is 224 Å². The number of rotatable bonds is 10. The molecule has 0 saturated carbocycles. The van der Waals surface area contributed by atoms with Crippen LogP contribution in [0.1, 0.15) is 43.7 Å². The molecule has 1 unspecified atom stereocenters. The van der Waals surface area contributed by atoms with Gasteiger partial charge in [0.25, 0.3) is 0 Å². The second-order valence-electron chi connectivity index (χ2n) is 9.12. The molecule has 1 aliphatic heterocycles. The molecule has 2 aliphatic carbocycles. The molecule has 0 spiro atoms. The summed E-state index contributed by atoms with van der Waals surface area (Å²) in [6.45, 7) is 11.5. The van der Waals surface area contributed by atoms with E-state index in [4.69, 9.17) is 27.9 Å². The quantitative estimate of drug-likeness (QED) is 0.247. The van der Waals surface area contributed by atoms with Crippen LogP contribution in [0.25, 0.3) is 5.57 Å². The van der Waals surface area contributed by atoms with Crippen molar-refractivity contribution < 1.29 is 4.74 Å². The van der Waals surface area contributed by atoms with Crippen molar-refractivity contribution in [3.05, 3.63) is 105 Å². The summed E-state index contributed by atoms with van der Waals surface area (Å²) in [4.78, 5) is 0. The van der Waals surface area contributed by atoms with Gasteiger partial charge in [-0.15, -0.1) is 0 Å². The SMILES string of the molecule is C=CN/N=C\C(=C(/C)C1C=CC(CCNC(=C)C2=C(Cl)CCC=C2Cl)=CC1)c1ccc2c(c1)OCC2. The van der Waals surface area contributed by atoms with Gasteiger partial charge in [-0.05, 0) is 49.8 Å².